The van der Waals surface area contributed by atoms with Crippen molar-refractivity contribution in [1.82, 2.24) is 4.90 Å². The van der Waals surface area contributed by atoms with Crippen LogP contribution in [0.25, 0.3) is 0 Å². The maximum Gasteiger partial charge on any atom is 0.104 e. The Morgan fingerprint density at radius 3 is 2.84 bits per heavy atom. The average molecular weight is 299 g/mol. The van der Waals surface area contributed by atoms with Gasteiger partial charge in [-0.05, 0) is 25.5 Å². The first-order chi connectivity index (χ1) is 8.87. The molecule has 1 aromatic rings. The van der Waals surface area contributed by atoms with Crippen LogP contribution in [0.4, 0.5) is 0 Å². The van der Waals surface area contributed by atoms with E-state index in [4.69, 9.17) is 34.3 Å². The van der Waals surface area contributed by atoms with E-state index in [1.807, 2.05) is 18.2 Å². The third-order valence-electron chi connectivity index (χ3n) is 3.24. The molecule has 0 aliphatic carbocycles. The van der Waals surface area contributed by atoms with Crippen LogP contribution >= 0.6 is 23.8 Å². The highest BCUT2D eigenvalue weighted by atomic mass is 35.5. The fourth-order valence-corrected chi connectivity index (χ4v) is 2.69. The summed E-state index contributed by atoms with van der Waals surface area (Å²) in [6.45, 7) is 7.63. The third kappa shape index (κ3) is 3.89. The summed E-state index contributed by atoms with van der Waals surface area (Å²) in [5, 5.41) is 0.717. The molecule has 0 aromatic heterocycles. The number of ether oxygens (including phenoxy) is 1. The molecule has 104 valence electrons. The first-order valence-corrected chi connectivity index (χ1v) is 7.10. The lowest BCUT2D eigenvalue weighted by atomic mass is 10.1. The van der Waals surface area contributed by atoms with Gasteiger partial charge in [-0.1, -0.05) is 36.0 Å². The summed E-state index contributed by atoms with van der Waals surface area (Å²) < 4.78 is 5.71. The fourth-order valence-electron chi connectivity index (χ4n) is 2.32. The van der Waals surface area contributed by atoms with Crippen molar-refractivity contribution in [3.05, 3.63) is 34.3 Å². The van der Waals surface area contributed by atoms with Gasteiger partial charge < -0.3 is 10.5 Å². The second kappa shape index (κ2) is 5.75. The zero-order valence-corrected chi connectivity index (χ0v) is 12.9. The minimum Gasteiger partial charge on any atom is -0.389 e. The summed E-state index contributed by atoms with van der Waals surface area (Å²) >= 11 is 11.2. The van der Waals surface area contributed by atoms with Crippen LogP contribution in [-0.2, 0) is 11.3 Å². The molecular weight excluding hydrogens is 280 g/mol. The summed E-state index contributed by atoms with van der Waals surface area (Å²) in [4.78, 5) is 2.73. The predicted molar refractivity (Wildman–Crippen MR) is 82.6 cm³/mol. The van der Waals surface area contributed by atoms with Crippen LogP contribution in [0.5, 0.6) is 0 Å². The molecule has 0 saturated carbocycles. The van der Waals surface area contributed by atoms with Gasteiger partial charge in [0.15, 0.2) is 0 Å². The number of morpholine rings is 1. The van der Waals surface area contributed by atoms with Crippen LogP contribution in [0.1, 0.15) is 25.0 Å². The van der Waals surface area contributed by atoms with Crippen LogP contribution in [-0.4, -0.2) is 35.2 Å². The van der Waals surface area contributed by atoms with E-state index < -0.39 is 0 Å². The van der Waals surface area contributed by atoms with E-state index in [9.17, 15) is 0 Å². The molecule has 0 spiro atoms. The number of hydrogen-bond acceptors (Lipinski definition) is 3. The highest BCUT2D eigenvalue weighted by Crippen LogP contribution is 2.23. The van der Waals surface area contributed by atoms with Crippen molar-refractivity contribution >= 4 is 28.8 Å². The number of hydrogen-bond donors (Lipinski definition) is 1. The Bertz CT molecular complexity index is 490. The van der Waals surface area contributed by atoms with Crippen LogP contribution in [0.2, 0.25) is 5.02 Å². The summed E-state index contributed by atoms with van der Waals surface area (Å²) in [5.74, 6) is 0. The summed E-state index contributed by atoms with van der Waals surface area (Å²) in [5.41, 5.74) is 7.41. The number of nitrogens with two attached hydrogens (primary N) is 1. The lowest BCUT2D eigenvalue weighted by molar-refractivity contribution is -0.0882. The average Bonchev–Trinajstić information content (AvgIpc) is 2.30. The predicted octanol–water partition coefficient (Wildman–Crippen LogP) is 2.59. The SMILES string of the molecule is CC1(C)CN(Cc2ccc(C(N)=S)cc2Cl)CCO1. The monoisotopic (exact) mass is 298 g/mol. The van der Waals surface area contributed by atoms with E-state index in [0.717, 1.165) is 42.4 Å². The van der Waals surface area contributed by atoms with E-state index >= 15 is 0 Å². The maximum atomic E-state index is 6.29. The molecule has 1 aromatic carbocycles. The van der Waals surface area contributed by atoms with Gasteiger partial charge in [0, 0.05) is 30.2 Å². The third-order valence-corrected chi connectivity index (χ3v) is 3.82. The van der Waals surface area contributed by atoms with Gasteiger partial charge in [-0.2, -0.15) is 0 Å². The van der Waals surface area contributed by atoms with Crippen molar-refractivity contribution in [3.63, 3.8) is 0 Å². The zero-order valence-electron chi connectivity index (χ0n) is 11.3. The number of benzene rings is 1. The quantitative estimate of drug-likeness (QED) is 0.871. The molecular formula is C14H19ClN2OS. The van der Waals surface area contributed by atoms with E-state index in [0.29, 0.717) is 4.99 Å². The van der Waals surface area contributed by atoms with Crippen molar-refractivity contribution in [3.8, 4) is 0 Å². The molecule has 5 heteroatoms. The number of nitrogens with zero attached hydrogens (tertiary/aromatic N) is 1. The van der Waals surface area contributed by atoms with Gasteiger partial charge in [0.1, 0.15) is 4.99 Å². The molecule has 1 fully saturated rings. The Morgan fingerprint density at radius 1 is 1.53 bits per heavy atom. The Balaban J connectivity index is 2.09. The number of halogens is 1. The van der Waals surface area contributed by atoms with Crippen molar-refractivity contribution in [1.29, 1.82) is 0 Å². The summed E-state index contributed by atoms with van der Waals surface area (Å²) in [6, 6.07) is 5.76. The molecule has 1 heterocycles. The molecule has 1 aliphatic heterocycles. The number of rotatable bonds is 3. The van der Waals surface area contributed by atoms with E-state index in [2.05, 4.69) is 18.7 Å². The molecule has 0 radical (unpaired) electrons. The summed E-state index contributed by atoms with van der Waals surface area (Å²) in [6.07, 6.45) is 0. The second-order valence-corrected chi connectivity index (χ2v) is 6.34. The van der Waals surface area contributed by atoms with Crippen LogP contribution in [0.15, 0.2) is 18.2 Å². The minimum atomic E-state index is -0.0938. The topological polar surface area (TPSA) is 38.5 Å². The Morgan fingerprint density at radius 2 is 2.26 bits per heavy atom. The second-order valence-electron chi connectivity index (χ2n) is 5.49. The molecule has 3 nitrogen and oxygen atoms in total. The van der Waals surface area contributed by atoms with Crippen LogP contribution < -0.4 is 5.73 Å². The zero-order chi connectivity index (χ0) is 14.0. The normalized spacial score (nSPS) is 19.3. The van der Waals surface area contributed by atoms with Crippen molar-refractivity contribution < 1.29 is 4.74 Å². The van der Waals surface area contributed by atoms with Gasteiger partial charge in [-0.25, -0.2) is 0 Å². The van der Waals surface area contributed by atoms with Crippen molar-refractivity contribution in [2.24, 2.45) is 5.73 Å². The van der Waals surface area contributed by atoms with Gasteiger partial charge in [-0.15, -0.1) is 0 Å². The van der Waals surface area contributed by atoms with Gasteiger partial charge in [0.25, 0.3) is 0 Å². The number of thiocarbonyl (C=S) groups is 1. The van der Waals surface area contributed by atoms with Crippen molar-refractivity contribution in [2.75, 3.05) is 19.7 Å². The Hall–Kier alpha value is -0.680. The molecule has 19 heavy (non-hydrogen) atoms. The van der Waals surface area contributed by atoms with Crippen molar-refractivity contribution in [2.45, 2.75) is 26.0 Å². The highest BCUT2D eigenvalue weighted by Gasteiger charge is 2.27. The first-order valence-electron chi connectivity index (χ1n) is 6.32. The minimum absolute atomic E-state index is 0.0938. The molecule has 0 unspecified atom stereocenters. The van der Waals surface area contributed by atoms with Gasteiger partial charge in [0.2, 0.25) is 0 Å². The molecule has 1 saturated heterocycles. The lowest BCUT2D eigenvalue weighted by Gasteiger charge is -2.38. The standard InChI is InChI=1S/C14H19ClN2OS/c1-14(2)9-17(5-6-18-14)8-11-4-3-10(13(16)19)7-12(11)15/h3-4,7H,5-6,8-9H2,1-2H3,(H2,16,19). The van der Waals surface area contributed by atoms with Gasteiger partial charge in [0.05, 0.1) is 12.2 Å². The van der Waals surface area contributed by atoms with Gasteiger partial charge >= 0.3 is 0 Å². The molecule has 0 atom stereocenters. The van der Waals surface area contributed by atoms with E-state index in [1.54, 1.807) is 0 Å². The molecule has 2 rings (SSSR count). The molecule has 1 aliphatic rings. The van der Waals surface area contributed by atoms with E-state index in [-0.39, 0.29) is 5.60 Å². The Kier molecular flexibility index (Phi) is 4.46. The van der Waals surface area contributed by atoms with Gasteiger partial charge in [-0.3, -0.25) is 4.90 Å². The van der Waals surface area contributed by atoms with Crippen LogP contribution in [0.3, 0.4) is 0 Å². The highest BCUT2D eigenvalue weighted by molar-refractivity contribution is 7.80. The largest absolute Gasteiger partial charge is 0.389 e. The molecule has 0 amide bonds. The lowest BCUT2D eigenvalue weighted by Crippen LogP contribution is -2.47. The van der Waals surface area contributed by atoms with E-state index in [1.165, 1.54) is 0 Å². The summed E-state index contributed by atoms with van der Waals surface area (Å²) in [7, 11) is 0. The van der Waals surface area contributed by atoms with Crippen LogP contribution in [0, 0.1) is 0 Å². The molecule has 2 N–H and O–H groups in total. The maximum absolute atomic E-state index is 6.29. The first kappa shape index (κ1) is 14.7. The fraction of sp³-hybridized carbons (Fsp3) is 0.500. The molecule has 0 bridgehead atoms. The smallest absolute Gasteiger partial charge is 0.104 e. The Labute approximate surface area is 124 Å².